The smallest absolute Gasteiger partial charge is 0.236 e. The summed E-state index contributed by atoms with van der Waals surface area (Å²) in [7, 11) is -3.45. The van der Waals surface area contributed by atoms with Crippen molar-refractivity contribution in [3.63, 3.8) is 0 Å². The molecule has 102 valence electrons. The first kappa shape index (κ1) is 12.6. The maximum atomic E-state index is 12.1. The first-order valence-electron chi connectivity index (χ1n) is 5.97. The third-order valence-electron chi connectivity index (χ3n) is 2.79. The molecule has 20 heavy (non-hydrogen) atoms. The van der Waals surface area contributed by atoms with Crippen molar-refractivity contribution >= 4 is 26.7 Å². The molecule has 0 aliphatic heterocycles. The Labute approximate surface area is 115 Å². The lowest BCUT2D eigenvalue weighted by atomic mass is 10.2. The third kappa shape index (κ3) is 2.77. The Morgan fingerprint density at radius 1 is 1.00 bits per heavy atom. The molecule has 0 radical (unpaired) electrons. The number of rotatable bonds is 4. The summed E-state index contributed by atoms with van der Waals surface area (Å²) in [4.78, 5) is 0. The van der Waals surface area contributed by atoms with Gasteiger partial charge in [-0.15, -0.1) is 0 Å². The van der Waals surface area contributed by atoms with E-state index in [1.165, 1.54) is 0 Å². The average molecular weight is 288 g/mol. The van der Waals surface area contributed by atoms with Gasteiger partial charge in [-0.2, -0.15) is 15.4 Å². The Morgan fingerprint density at radius 2 is 1.75 bits per heavy atom. The number of fused-ring (bicyclic) bond motifs is 1. The van der Waals surface area contributed by atoms with Gasteiger partial charge in [-0.05, 0) is 23.8 Å². The molecule has 2 N–H and O–H groups in total. The molecule has 3 rings (SSSR count). The minimum Gasteiger partial charge on any atom is -0.283 e. The predicted octanol–water partition coefficient (Wildman–Crippen LogP) is 1.90. The molecular weight excluding hydrogens is 276 g/mol. The number of sulfonamides is 1. The van der Waals surface area contributed by atoms with Crippen molar-refractivity contribution in [1.82, 2.24) is 15.4 Å². The summed E-state index contributed by atoms with van der Waals surface area (Å²) in [6, 6.07) is 14.0. The Hall–Kier alpha value is -2.41. The van der Waals surface area contributed by atoms with Gasteiger partial charge in [-0.25, -0.2) is 8.42 Å². The van der Waals surface area contributed by atoms with Gasteiger partial charge in [0, 0.05) is 0 Å². The fourth-order valence-corrected chi connectivity index (χ4v) is 3.10. The predicted molar refractivity (Wildman–Crippen MR) is 76.6 cm³/mol. The average Bonchev–Trinajstić information content (AvgIpc) is 2.86. The molecule has 0 saturated carbocycles. The zero-order valence-corrected chi connectivity index (χ0v) is 11.3. The lowest BCUT2D eigenvalue weighted by Crippen LogP contribution is -2.14. The van der Waals surface area contributed by atoms with Gasteiger partial charge in [0.2, 0.25) is 10.0 Å². The second kappa shape index (κ2) is 4.93. The minimum atomic E-state index is -3.45. The lowest BCUT2D eigenvalue weighted by Gasteiger charge is -2.07. The van der Waals surface area contributed by atoms with Crippen LogP contribution in [-0.4, -0.2) is 23.8 Å². The molecule has 0 aliphatic rings. The van der Waals surface area contributed by atoms with Crippen molar-refractivity contribution in [1.29, 1.82) is 0 Å². The summed E-state index contributed by atoms with van der Waals surface area (Å²) < 4.78 is 26.7. The first-order valence-corrected chi connectivity index (χ1v) is 7.63. The first-order chi connectivity index (χ1) is 9.62. The number of aromatic amines is 1. The Balaban J connectivity index is 1.82. The molecule has 0 fully saturated rings. The summed E-state index contributed by atoms with van der Waals surface area (Å²) in [6.07, 6.45) is 0. The second-order valence-electron chi connectivity index (χ2n) is 4.37. The molecule has 2 aromatic carbocycles. The van der Waals surface area contributed by atoms with Crippen LogP contribution in [0.25, 0.3) is 11.0 Å². The van der Waals surface area contributed by atoms with E-state index >= 15 is 0 Å². The molecule has 0 unspecified atom stereocenters. The highest BCUT2D eigenvalue weighted by molar-refractivity contribution is 7.91. The van der Waals surface area contributed by atoms with Crippen LogP contribution in [-0.2, 0) is 15.8 Å². The largest absolute Gasteiger partial charge is 0.283 e. The summed E-state index contributed by atoms with van der Waals surface area (Å²) in [5, 5.41) is 10.3. The van der Waals surface area contributed by atoms with Crippen LogP contribution >= 0.6 is 0 Å². The van der Waals surface area contributed by atoms with Crippen LogP contribution < -0.4 is 4.72 Å². The van der Waals surface area contributed by atoms with E-state index in [0.717, 1.165) is 5.56 Å². The van der Waals surface area contributed by atoms with Gasteiger partial charge < -0.3 is 0 Å². The maximum Gasteiger partial charge on any atom is 0.236 e. The zero-order valence-electron chi connectivity index (χ0n) is 10.4. The molecule has 0 bridgehead atoms. The molecule has 0 spiro atoms. The monoisotopic (exact) mass is 288 g/mol. The van der Waals surface area contributed by atoms with E-state index in [-0.39, 0.29) is 5.75 Å². The topological polar surface area (TPSA) is 87.7 Å². The molecule has 7 heteroatoms. The fourth-order valence-electron chi connectivity index (χ4n) is 1.91. The molecule has 0 atom stereocenters. The highest BCUT2D eigenvalue weighted by atomic mass is 32.2. The number of nitrogens with one attached hydrogen (secondary N) is 2. The molecular formula is C13H12N4O2S. The van der Waals surface area contributed by atoms with Crippen LogP contribution in [0.2, 0.25) is 0 Å². The Kier molecular flexibility index (Phi) is 3.11. The maximum absolute atomic E-state index is 12.1. The number of aromatic nitrogens is 3. The molecule has 1 aromatic heterocycles. The van der Waals surface area contributed by atoms with E-state index in [0.29, 0.717) is 16.7 Å². The Bertz CT molecular complexity index is 828. The molecule has 0 aliphatic carbocycles. The molecule has 0 saturated heterocycles. The van der Waals surface area contributed by atoms with Gasteiger partial charge in [-0.3, -0.25) is 4.72 Å². The standard InChI is InChI=1S/C13H12N4O2S/c18-20(19,9-10-4-2-1-3-5-10)16-11-6-7-12-13(8-11)15-17-14-12/h1-8,16H,9H2,(H,14,15,17). The lowest BCUT2D eigenvalue weighted by molar-refractivity contribution is 0.600. The summed E-state index contributed by atoms with van der Waals surface area (Å²) >= 11 is 0. The number of H-pyrrole nitrogens is 1. The van der Waals surface area contributed by atoms with Crippen LogP contribution in [0.15, 0.2) is 48.5 Å². The van der Waals surface area contributed by atoms with E-state index in [4.69, 9.17) is 0 Å². The van der Waals surface area contributed by atoms with Crippen molar-refractivity contribution < 1.29 is 8.42 Å². The van der Waals surface area contributed by atoms with Gasteiger partial charge >= 0.3 is 0 Å². The quantitative estimate of drug-likeness (QED) is 0.767. The highest BCUT2D eigenvalue weighted by Crippen LogP contribution is 2.17. The van der Waals surface area contributed by atoms with Gasteiger partial charge in [0.1, 0.15) is 11.0 Å². The van der Waals surface area contributed by atoms with Crippen molar-refractivity contribution in [2.75, 3.05) is 4.72 Å². The van der Waals surface area contributed by atoms with Crippen LogP contribution in [0.4, 0.5) is 5.69 Å². The van der Waals surface area contributed by atoms with Gasteiger partial charge in [0.15, 0.2) is 0 Å². The highest BCUT2D eigenvalue weighted by Gasteiger charge is 2.12. The molecule has 1 heterocycles. The number of anilines is 1. The van der Waals surface area contributed by atoms with Gasteiger partial charge in [-0.1, -0.05) is 30.3 Å². The number of benzene rings is 2. The summed E-state index contributed by atoms with van der Waals surface area (Å²) in [6.45, 7) is 0. The van der Waals surface area contributed by atoms with Gasteiger partial charge in [0.05, 0.1) is 11.4 Å². The minimum absolute atomic E-state index is 0.0648. The van der Waals surface area contributed by atoms with E-state index in [9.17, 15) is 8.42 Å². The second-order valence-corrected chi connectivity index (χ2v) is 6.10. The van der Waals surface area contributed by atoms with Crippen molar-refractivity contribution in [2.24, 2.45) is 0 Å². The third-order valence-corrected chi connectivity index (χ3v) is 4.05. The van der Waals surface area contributed by atoms with Crippen molar-refractivity contribution in [3.8, 4) is 0 Å². The SMILES string of the molecule is O=S(=O)(Cc1ccccc1)Nc1ccc2n[nH]nc2c1. The molecule has 3 aromatic rings. The van der Waals surface area contributed by atoms with Crippen LogP contribution in [0.5, 0.6) is 0 Å². The number of hydrogen-bond donors (Lipinski definition) is 2. The normalized spacial score (nSPS) is 11.6. The summed E-state index contributed by atoms with van der Waals surface area (Å²) in [5.74, 6) is -0.0648. The fraction of sp³-hybridized carbons (Fsp3) is 0.0769. The van der Waals surface area contributed by atoms with Crippen LogP contribution in [0.1, 0.15) is 5.56 Å². The van der Waals surface area contributed by atoms with Crippen molar-refractivity contribution in [2.45, 2.75) is 5.75 Å². The molecule has 6 nitrogen and oxygen atoms in total. The summed E-state index contributed by atoms with van der Waals surface area (Å²) in [5.41, 5.74) is 2.52. The van der Waals surface area contributed by atoms with E-state index in [1.54, 1.807) is 30.3 Å². The van der Waals surface area contributed by atoms with Crippen molar-refractivity contribution in [3.05, 3.63) is 54.1 Å². The number of nitrogens with zero attached hydrogens (tertiary/aromatic N) is 2. The number of hydrogen-bond acceptors (Lipinski definition) is 4. The molecule has 0 amide bonds. The van der Waals surface area contributed by atoms with Crippen LogP contribution in [0.3, 0.4) is 0 Å². The van der Waals surface area contributed by atoms with Gasteiger partial charge in [0.25, 0.3) is 0 Å². The van der Waals surface area contributed by atoms with E-state index in [1.807, 2.05) is 18.2 Å². The van der Waals surface area contributed by atoms with E-state index < -0.39 is 10.0 Å². The zero-order chi connectivity index (χ0) is 14.0. The van der Waals surface area contributed by atoms with E-state index in [2.05, 4.69) is 20.1 Å². The van der Waals surface area contributed by atoms with Crippen LogP contribution in [0, 0.1) is 0 Å². The Morgan fingerprint density at radius 3 is 2.55 bits per heavy atom.